The molecule has 4 fully saturated rings. The van der Waals surface area contributed by atoms with Crippen LogP contribution in [0.2, 0.25) is 0 Å². The Kier molecular flexibility index (Phi) is 5.38. The third kappa shape index (κ3) is 3.38. The van der Waals surface area contributed by atoms with Crippen LogP contribution in [0.1, 0.15) is 51.4 Å². The molecule has 2 unspecified atom stereocenters. The number of anilines is 1. The number of carboxylic acid groups (broad SMARTS) is 1. The molecule has 3 N–H and O–H groups in total. The standard InChI is InChI=1S/C23H30BrN3O3/c24-18-9-6-15(12-26-18)27-21(28)19-16-7-8-17(20(19)22(29)30)23(16)11-13(23)4-5-14-3-1-2-10-25-14/h6,9,12-14,16-17,19-20,25H,1-5,7-8,10-11H2,(H,27,28)(H,29,30)/t13?,14?,16-,17+,19+,20+,23-/m0/s1. The first-order chi connectivity index (χ1) is 14.5. The number of hydrogen-bond donors (Lipinski definition) is 3. The topological polar surface area (TPSA) is 91.3 Å². The quantitative estimate of drug-likeness (QED) is 0.539. The van der Waals surface area contributed by atoms with Gasteiger partial charge in [0.15, 0.2) is 0 Å². The number of nitrogens with one attached hydrogen (secondary N) is 2. The zero-order valence-electron chi connectivity index (χ0n) is 17.1. The van der Waals surface area contributed by atoms with E-state index < -0.39 is 17.8 Å². The average Bonchev–Trinajstić information content (AvgIpc) is 3.28. The Morgan fingerprint density at radius 3 is 2.63 bits per heavy atom. The Balaban J connectivity index is 1.30. The molecule has 1 aromatic heterocycles. The molecule has 3 saturated carbocycles. The predicted octanol–water partition coefficient (Wildman–Crippen LogP) is 4.07. The van der Waals surface area contributed by atoms with Gasteiger partial charge >= 0.3 is 5.97 Å². The third-order valence-corrected chi connectivity index (χ3v) is 8.95. The molecule has 7 heteroatoms. The van der Waals surface area contributed by atoms with E-state index >= 15 is 0 Å². The van der Waals surface area contributed by atoms with Crippen molar-refractivity contribution in [2.45, 2.75) is 57.4 Å². The number of aliphatic carboxylic acids is 1. The second-order valence-corrected chi connectivity index (χ2v) is 10.6. The van der Waals surface area contributed by atoms with Crippen LogP contribution < -0.4 is 10.6 Å². The fourth-order valence-electron chi connectivity index (χ4n) is 7.27. The van der Waals surface area contributed by atoms with E-state index in [2.05, 4.69) is 31.5 Å². The van der Waals surface area contributed by atoms with Crippen molar-refractivity contribution in [3.63, 3.8) is 0 Å². The molecule has 0 aromatic carbocycles. The lowest BCUT2D eigenvalue weighted by Crippen LogP contribution is -2.37. The van der Waals surface area contributed by atoms with Crippen LogP contribution in [0, 0.1) is 35.0 Å². The second kappa shape index (κ2) is 7.90. The summed E-state index contributed by atoms with van der Waals surface area (Å²) in [7, 11) is 0. The van der Waals surface area contributed by atoms with Gasteiger partial charge in [0.05, 0.1) is 23.7 Å². The Morgan fingerprint density at radius 1 is 1.17 bits per heavy atom. The number of rotatable bonds is 6. The molecule has 7 atom stereocenters. The summed E-state index contributed by atoms with van der Waals surface area (Å²) in [6.45, 7) is 1.12. The largest absolute Gasteiger partial charge is 0.481 e. The smallest absolute Gasteiger partial charge is 0.307 e. The first kappa shape index (κ1) is 20.4. The van der Waals surface area contributed by atoms with Crippen molar-refractivity contribution in [3.05, 3.63) is 22.9 Å². The van der Waals surface area contributed by atoms with Crippen molar-refractivity contribution in [2.24, 2.45) is 35.0 Å². The Bertz CT molecular complexity index is 825. The van der Waals surface area contributed by atoms with Gasteiger partial charge in [0.25, 0.3) is 0 Å². The van der Waals surface area contributed by atoms with Crippen LogP contribution >= 0.6 is 15.9 Å². The van der Waals surface area contributed by atoms with Gasteiger partial charge in [0.2, 0.25) is 5.91 Å². The maximum Gasteiger partial charge on any atom is 0.307 e. The highest BCUT2D eigenvalue weighted by molar-refractivity contribution is 9.10. The van der Waals surface area contributed by atoms with Crippen LogP contribution in [0.15, 0.2) is 22.9 Å². The molecule has 3 aliphatic carbocycles. The number of pyridine rings is 1. The zero-order valence-corrected chi connectivity index (χ0v) is 18.7. The summed E-state index contributed by atoms with van der Waals surface area (Å²) in [5, 5.41) is 16.6. The van der Waals surface area contributed by atoms with E-state index in [0.29, 0.717) is 22.3 Å². The number of hydrogen-bond acceptors (Lipinski definition) is 4. The molecule has 6 nitrogen and oxygen atoms in total. The number of aromatic nitrogens is 1. The maximum atomic E-state index is 13.2. The zero-order chi connectivity index (χ0) is 20.9. The van der Waals surface area contributed by atoms with Crippen LogP contribution in [-0.4, -0.2) is 34.6 Å². The summed E-state index contributed by atoms with van der Waals surface area (Å²) in [6.07, 6.45) is 10.9. The van der Waals surface area contributed by atoms with Gasteiger partial charge in [-0.1, -0.05) is 6.42 Å². The van der Waals surface area contributed by atoms with E-state index in [9.17, 15) is 14.7 Å². The molecule has 5 rings (SSSR count). The van der Waals surface area contributed by atoms with Gasteiger partial charge in [-0.3, -0.25) is 9.59 Å². The number of carboxylic acids is 1. The van der Waals surface area contributed by atoms with Gasteiger partial charge in [0.1, 0.15) is 4.60 Å². The van der Waals surface area contributed by atoms with Crippen molar-refractivity contribution in [3.8, 4) is 0 Å². The van der Waals surface area contributed by atoms with E-state index in [0.717, 1.165) is 25.8 Å². The molecule has 4 aliphatic rings. The van der Waals surface area contributed by atoms with Crippen LogP contribution in [0.25, 0.3) is 0 Å². The van der Waals surface area contributed by atoms with Gasteiger partial charge in [-0.2, -0.15) is 0 Å². The van der Waals surface area contributed by atoms with Gasteiger partial charge in [-0.05, 0) is 103 Å². The Morgan fingerprint density at radius 2 is 1.97 bits per heavy atom. The lowest BCUT2D eigenvalue weighted by atomic mass is 9.78. The molecule has 2 bridgehead atoms. The maximum absolute atomic E-state index is 13.2. The van der Waals surface area contributed by atoms with E-state index in [1.54, 1.807) is 18.3 Å². The minimum Gasteiger partial charge on any atom is -0.481 e. The van der Waals surface area contributed by atoms with Crippen molar-refractivity contribution in [1.29, 1.82) is 0 Å². The second-order valence-electron chi connectivity index (χ2n) is 9.78. The van der Waals surface area contributed by atoms with Crippen molar-refractivity contribution >= 4 is 33.5 Å². The van der Waals surface area contributed by atoms with Gasteiger partial charge in [-0.25, -0.2) is 4.98 Å². The van der Waals surface area contributed by atoms with Gasteiger partial charge < -0.3 is 15.7 Å². The predicted molar refractivity (Wildman–Crippen MR) is 117 cm³/mol. The summed E-state index contributed by atoms with van der Waals surface area (Å²) in [6, 6.07) is 4.20. The molecule has 1 aliphatic heterocycles. The van der Waals surface area contributed by atoms with Crippen molar-refractivity contribution in [2.75, 3.05) is 11.9 Å². The number of amides is 1. The fraction of sp³-hybridized carbons (Fsp3) is 0.696. The Hall–Kier alpha value is -1.47. The molecular weight excluding hydrogens is 446 g/mol. The number of halogens is 1. The summed E-state index contributed by atoms with van der Waals surface area (Å²) in [4.78, 5) is 29.6. The van der Waals surface area contributed by atoms with E-state index in [1.807, 2.05) is 0 Å². The highest BCUT2D eigenvalue weighted by atomic mass is 79.9. The Labute approximate surface area is 185 Å². The summed E-state index contributed by atoms with van der Waals surface area (Å²) < 4.78 is 0.705. The number of piperidine rings is 1. The van der Waals surface area contributed by atoms with Crippen molar-refractivity contribution in [1.82, 2.24) is 10.3 Å². The first-order valence-electron chi connectivity index (χ1n) is 11.4. The monoisotopic (exact) mass is 475 g/mol. The molecule has 0 radical (unpaired) electrons. The van der Waals surface area contributed by atoms with Crippen molar-refractivity contribution < 1.29 is 14.7 Å². The highest BCUT2D eigenvalue weighted by Gasteiger charge is 2.75. The lowest BCUT2D eigenvalue weighted by molar-refractivity contribution is -0.148. The summed E-state index contributed by atoms with van der Waals surface area (Å²) >= 11 is 3.30. The number of carbonyl (C=O) groups is 2. The van der Waals surface area contributed by atoms with Gasteiger partial charge in [-0.15, -0.1) is 0 Å². The molecule has 1 amide bonds. The molecule has 162 valence electrons. The summed E-state index contributed by atoms with van der Waals surface area (Å²) in [5.74, 6) is -0.965. The average molecular weight is 476 g/mol. The van der Waals surface area contributed by atoms with E-state index in [-0.39, 0.29) is 23.2 Å². The molecule has 1 saturated heterocycles. The lowest BCUT2D eigenvalue weighted by Gasteiger charge is -2.26. The number of carbonyl (C=O) groups excluding carboxylic acids is 1. The molecule has 2 heterocycles. The SMILES string of the molecule is O=C(O)[C@H]1[C@H](C(=O)Nc2ccc(Br)nc2)[C@@H]2CC[C@H]1[C@]21CC1CCC1CCCCN1. The molecule has 1 aromatic rings. The minimum absolute atomic E-state index is 0.0949. The minimum atomic E-state index is -0.796. The molecule has 1 spiro atoms. The van der Waals surface area contributed by atoms with Crippen LogP contribution in [0.4, 0.5) is 5.69 Å². The van der Waals surface area contributed by atoms with Crippen LogP contribution in [-0.2, 0) is 9.59 Å². The fourth-order valence-corrected chi connectivity index (χ4v) is 7.50. The highest BCUT2D eigenvalue weighted by Crippen LogP contribution is 2.78. The van der Waals surface area contributed by atoms with Crippen LogP contribution in [0.5, 0.6) is 0 Å². The summed E-state index contributed by atoms with van der Waals surface area (Å²) in [5.41, 5.74) is 0.720. The van der Waals surface area contributed by atoms with Crippen LogP contribution in [0.3, 0.4) is 0 Å². The normalized spacial score (nSPS) is 39.2. The van der Waals surface area contributed by atoms with E-state index in [4.69, 9.17) is 0 Å². The molecular formula is C23H30BrN3O3. The first-order valence-corrected chi connectivity index (χ1v) is 12.2. The van der Waals surface area contributed by atoms with Gasteiger partial charge in [0, 0.05) is 6.04 Å². The van der Waals surface area contributed by atoms with E-state index in [1.165, 1.54) is 32.1 Å². The molecule has 30 heavy (non-hydrogen) atoms. The third-order valence-electron chi connectivity index (χ3n) is 8.48. The number of nitrogens with zero attached hydrogens (tertiary/aromatic N) is 1.